The number of hydrogen-bond donors (Lipinski definition) is 0. The second-order valence-corrected chi connectivity index (χ2v) is 9.91. The van der Waals surface area contributed by atoms with Gasteiger partial charge in [-0.2, -0.15) is 0 Å². The lowest BCUT2D eigenvalue weighted by Gasteiger charge is -2.40. The van der Waals surface area contributed by atoms with Gasteiger partial charge in [-0.3, -0.25) is 9.69 Å². The maximum atomic E-state index is 13.4. The number of fused-ring (bicyclic) bond motifs is 2. The number of piperidine rings is 1. The monoisotopic (exact) mass is 438 g/mol. The molecule has 0 unspecified atom stereocenters. The van der Waals surface area contributed by atoms with Gasteiger partial charge in [-0.1, -0.05) is 36.6 Å². The van der Waals surface area contributed by atoms with E-state index in [0.717, 1.165) is 68.3 Å². The van der Waals surface area contributed by atoms with E-state index in [1.54, 1.807) is 7.11 Å². The van der Waals surface area contributed by atoms with Crippen LogP contribution in [0.15, 0.2) is 42.5 Å². The van der Waals surface area contributed by atoms with Gasteiger partial charge >= 0.3 is 0 Å². The summed E-state index contributed by atoms with van der Waals surface area (Å²) in [6.45, 7) is 3.78. The molecule has 2 aromatic rings. The predicted octanol–water partition coefficient (Wildman–Crippen LogP) is 5.42. The Kier molecular flexibility index (Phi) is 5.70. The number of amides is 1. The van der Waals surface area contributed by atoms with Gasteiger partial charge in [0.05, 0.1) is 7.11 Å². The number of likely N-dealkylation sites (tertiary alicyclic amines) is 1. The number of rotatable bonds is 4. The van der Waals surface area contributed by atoms with Gasteiger partial charge in [0.15, 0.2) is 0 Å². The highest BCUT2D eigenvalue weighted by Crippen LogP contribution is 2.49. The predicted molar refractivity (Wildman–Crippen MR) is 125 cm³/mol. The molecule has 31 heavy (non-hydrogen) atoms. The summed E-state index contributed by atoms with van der Waals surface area (Å²) < 4.78 is 5.55. The number of ether oxygens (including phenoxy) is 1. The summed E-state index contributed by atoms with van der Waals surface area (Å²) in [7, 11) is 1.72. The van der Waals surface area contributed by atoms with Crippen LogP contribution in [0.2, 0.25) is 5.02 Å². The van der Waals surface area contributed by atoms with Gasteiger partial charge in [0.2, 0.25) is 5.91 Å². The molecular formula is C26H31ClN2O2. The summed E-state index contributed by atoms with van der Waals surface area (Å²) in [6, 6.07) is 14.4. The zero-order valence-electron chi connectivity index (χ0n) is 18.3. The Morgan fingerprint density at radius 1 is 1.13 bits per heavy atom. The maximum Gasteiger partial charge on any atom is 0.230 e. The van der Waals surface area contributed by atoms with Crippen LogP contribution < -0.4 is 9.64 Å². The molecular weight excluding hydrogens is 408 g/mol. The molecule has 1 aliphatic carbocycles. The second-order valence-electron chi connectivity index (χ2n) is 9.48. The first-order chi connectivity index (χ1) is 15.1. The van der Waals surface area contributed by atoms with E-state index < -0.39 is 0 Å². The highest BCUT2D eigenvalue weighted by Gasteiger charge is 2.47. The quantitative estimate of drug-likeness (QED) is 0.639. The van der Waals surface area contributed by atoms with Crippen molar-refractivity contribution in [1.29, 1.82) is 0 Å². The Balaban J connectivity index is 1.37. The minimum Gasteiger partial charge on any atom is -0.497 e. The summed E-state index contributed by atoms with van der Waals surface area (Å²) in [5, 5.41) is 0.795. The second kappa shape index (κ2) is 8.48. The van der Waals surface area contributed by atoms with Gasteiger partial charge in [0.25, 0.3) is 0 Å². The average Bonchev–Trinajstić information content (AvgIpc) is 3.42. The topological polar surface area (TPSA) is 32.8 Å². The molecule has 4 nitrogen and oxygen atoms in total. The van der Waals surface area contributed by atoms with E-state index in [1.165, 1.54) is 24.0 Å². The number of hydrogen-bond acceptors (Lipinski definition) is 3. The standard InChI is InChI=1S/C26H31ClN2O2/c1-31-22-9-10-24-23(16-22)26(18-29(24)25(30)20-6-2-3-7-20)11-13-28(14-12-26)17-19-5-4-8-21(27)15-19/h4-5,8-10,15-16,20H,2-3,6-7,11-14,17-18H2,1H3. The van der Waals surface area contributed by atoms with E-state index in [9.17, 15) is 4.79 Å². The van der Waals surface area contributed by atoms with Gasteiger partial charge in [0.1, 0.15) is 5.75 Å². The summed E-state index contributed by atoms with van der Waals surface area (Å²) in [5.74, 6) is 1.42. The Hall–Kier alpha value is -2.04. The fourth-order valence-electron chi connectivity index (χ4n) is 5.83. The molecule has 164 valence electrons. The van der Waals surface area contributed by atoms with E-state index in [1.807, 2.05) is 18.2 Å². The smallest absolute Gasteiger partial charge is 0.230 e. The van der Waals surface area contributed by atoms with Crippen molar-refractivity contribution in [2.75, 3.05) is 31.6 Å². The number of carbonyl (C=O) groups is 1. The van der Waals surface area contributed by atoms with Crippen molar-refractivity contribution in [1.82, 2.24) is 4.90 Å². The molecule has 1 saturated carbocycles. The summed E-state index contributed by atoms with van der Waals surface area (Å²) >= 11 is 6.18. The average molecular weight is 439 g/mol. The first-order valence-corrected chi connectivity index (χ1v) is 11.9. The lowest BCUT2D eigenvalue weighted by Crippen LogP contribution is -2.46. The third kappa shape index (κ3) is 3.96. The Morgan fingerprint density at radius 2 is 1.90 bits per heavy atom. The molecule has 0 atom stereocenters. The minimum absolute atomic E-state index is 0.0307. The Bertz CT molecular complexity index is 962. The maximum absolute atomic E-state index is 13.4. The molecule has 2 fully saturated rings. The van der Waals surface area contributed by atoms with Crippen LogP contribution in [0.25, 0.3) is 0 Å². The number of methoxy groups -OCH3 is 1. The normalized spacial score (nSPS) is 20.9. The van der Waals surface area contributed by atoms with E-state index in [4.69, 9.17) is 16.3 Å². The van der Waals surface area contributed by atoms with Crippen molar-refractivity contribution in [3.05, 3.63) is 58.6 Å². The van der Waals surface area contributed by atoms with E-state index in [0.29, 0.717) is 5.91 Å². The van der Waals surface area contributed by atoms with Crippen molar-refractivity contribution in [3.8, 4) is 5.75 Å². The van der Waals surface area contributed by atoms with Crippen LogP contribution in [0, 0.1) is 5.92 Å². The first kappa shape index (κ1) is 20.8. The number of halogens is 1. The zero-order valence-corrected chi connectivity index (χ0v) is 19.0. The van der Waals surface area contributed by atoms with Crippen molar-refractivity contribution in [3.63, 3.8) is 0 Å². The zero-order chi connectivity index (χ0) is 21.4. The third-order valence-corrected chi connectivity index (χ3v) is 7.84. The fourth-order valence-corrected chi connectivity index (χ4v) is 6.04. The highest BCUT2D eigenvalue weighted by molar-refractivity contribution is 6.30. The largest absolute Gasteiger partial charge is 0.497 e. The molecule has 2 heterocycles. The van der Waals surface area contributed by atoms with Gasteiger partial charge in [-0.05, 0) is 80.2 Å². The molecule has 5 heteroatoms. The molecule has 0 radical (unpaired) electrons. The van der Waals surface area contributed by atoms with Crippen LogP contribution in [-0.2, 0) is 16.8 Å². The van der Waals surface area contributed by atoms with E-state index in [2.05, 4.69) is 34.1 Å². The van der Waals surface area contributed by atoms with Crippen molar-refractivity contribution < 1.29 is 9.53 Å². The Morgan fingerprint density at radius 3 is 2.61 bits per heavy atom. The molecule has 0 N–H and O–H groups in total. The molecule has 1 spiro atoms. The van der Waals surface area contributed by atoms with Gasteiger partial charge in [-0.15, -0.1) is 0 Å². The third-order valence-electron chi connectivity index (χ3n) is 7.61. The SMILES string of the molecule is COc1ccc2c(c1)C1(CCN(Cc3cccc(Cl)c3)CC1)CN2C(=O)C1CCCC1. The molecule has 0 aromatic heterocycles. The van der Waals surface area contributed by atoms with E-state index in [-0.39, 0.29) is 11.3 Å². The fraction of sp³-hybridized carbons (Fsp3) is 0.500. The molecule has 5 rings (SSSR count). The van der Waals surface area contributed by atoms with Crippen LogP contribution in [0.1, 0.15) is 49.7 Å². The first-order valence-electron chi connectivity index (χ1n) is 11.5. The molecule has 1 amide bonds. The van der Waals surface area contributed by atoms with Crippen LogP contribution in [-0.4, -0.2) is 37.6 Å². The van der Waals surface area contributed by atoms with Crippen molar-refractivity contribution >= 4 is 23.2 Å². The number of carbonyl (C=O) groups excluding carboxylic acids is 1. The van der Waals surface area contributed by atoms with Crippen molar-refractivity contribution in [2.24, 2.45) is 5.92 Å². The van der Waals surface area contributed by atoms with Gasteiger partial charge in [-0.25, -0.2) is 0 Å². The lowest BCUT2D eigenvalue weighted by molar-refractivity contribution is -0.122. The molecule has 0 bridgehead atoms. The molecule has 2 aliphatic heterocycles. The summed E-state index contributed by atoms with van der Waals surface area (Å²) in [5.41, 5.74) is 3.71. The van der Waals surface area contributed by atoms with Crippen LogP contribution in [0.5, 0.6) is 5.75 Å². The highest BCUT2D eigenvalue weighted by atomic mass is 35.5. The number of anilines is 1. The van der Waals surface area contributed by atoms with Crippen molar-refractivity contribution in [2.45, 2.75) is 50.5 Å². The number of benzene rings is 2. The van der Waals surface area contributed by atoms with Crippen LogP contribution in [0.3, 0.4) is 0 Å². The summed E-state index contributed by atoms with van der Waals surface area (Å²) in [4.78, 5) is 18.0. The van der Waals surface area contributed by atoms with Crippen LogP contribution >= 0.6 is 11.6 Å². The van der Waals surface area contributed by atoms with Crippen LogP contribution in [0.4, 0.5) is 5.69 Å². The molecule has 3 aliphatic rings. The number of nitrogens with zero attached hydrogens (tertiary/aromatic N) is 2. The summed E-state index contributed by atoms with van der Waals surface area (Å²) in [6.07, 6.45) is 6.57. The Labute approximate surface area is 190 Å². The molecule has 2 aromatic carbocycles. The lowest BCUT2D eigenvalue weighted by atomic mass is 9.74. The van der Waals surface area contributed by atoms with E-state index >= 15 is 0 Å². The molecule has 1 saturated heterocycles. The van der Waals surface area contributed by atoms with Gasteiger partial charge in [0, 0.05) is 35.1 Å². The minimum atomic E-state index is 0.0307. The van der Waals surface area contributed by atoms with Gasteiger partial charge < -0.3 is 9.64 Å².